The normalized spacial score (nSPS) is 23.6. The second kappa shape index (κ2) is 9.84. The number of benzene rings is 2. The second-order valence-electron chi connectivity index (χ2n) is 10.1. The van der Waals surface area contributed by atoms with Gasteiger partial charge in [-0.05, 0) is 92.7 Å². The molecule has 2 aromatic carbocycles. The topological polar surface area (TPSA) is 19.0 Å². The summed E-state index contributed by atoms with van der Waals surface area (Å²) >= 11 is 0. The summed E-state index contributed by atoms with van der Waals surface area (Å²) in [6.07, 6.45) is 7.83. The minimum atomic E-state index is 0.448. The molecule has 32 heavy (non-hydrogen) atoms. The van der Waals surface area contributed by atoms with Crippen molar-refractivity contribution in [1.82, 2.24) is 9.80 Å². The third kappa shape index (κ3) is 4.67. The van der Waals surface area contributed by atoms with E-state index in [-0.39, 0.29) is 0 Å². The number of nitrogens with zero attached hydrogens (tertiary/aromatic N) is 3. The summed E-state index contributed by atoms with van der Waals surface area (Å²) in [6, 6.07) is 16.7. The van der Waals surface area contributed by atoms with E-state index >= 15 is 0 Å². The van der Waals surface area contributed by atoms with E-state index in [0.29, 0.717) is 12.0 Å². The zero-order valence-corrected chi connectivity index (χ0v) is 19.9. The van der Waals surface area contributed by atoms with Gasteiger partial charge in [-0.15, -0.1) is 0 Å². The van der Waals surface area contributed by atoms with Crippen LogP contribution in [0.1, 0.15) is 67.2 Å². The van der Waals surface area contributed by atoms with Gasteiger partial charge in [0.15, 0.2) is 0 Å². The molecule has 0 radical (unpaired) electrons. The number of hydrogen-bond donors (Lipinski definition) is 0. The summed E-state index contributed by atoms with van der Waals surface area (Å²) in [6.45, 7) is 6.89. The summed E-state index contributed by atoms with van der Waals surface area (Å²) in [5, 5.41) is 0. The van der Waals surface area contributed by atoms with Crippen LogP contribution in [0.2, 0.25) is 0 Å². The summed E-state index contributed by atoms with van der Waals surface area (Å²) in [7, 11) is 4.21. The molecule has 3 aliphatic heterocycles. The maximum absolute atomic E-state index is 6.24. The van der Waals surface area contributed by atoms with E-state index in [4.69, 9.17) is 4.74 Å². The molecule has 4 nitrogen and oxygen atoms in total. The Morgan fingerprint density at radius 1 is 0.906 bits per heavy atom. The first-order valence-corrected chi connectivity index (χ1v) is 12.7. The van der Waals surface area contributed by atoms with Crippen molar-refractivity contribution in [2.75, 3.05) is 58.3 Å². The van der Waals surface area contributed by atoms with Crippen LogP contribution in [0.5, 0.6) is 5.75 Å². The smallest absolute Gasteiger partial charge is 0.119 e. The van der Waals surface area contributed by atoms with Gasteiger partial charge < -0.3 is 14.5 Å². The lowest BCUT2D eigenvalue weighted by Gasteiger charge is -2.38. The van der Waals surface area contributed by atoms with Crippen molar-refractivity contribution in [3.05, 3.63) is 59.2 Å². The van der Waals surface area contributed by atoms with Crippen LogP contribution in [0.15, 0.2) is 42.5 Å². The van der Waals surface area contributed by atoms with Gasteiger partial charge in [-0.2, -0.15) is 0 Å². The lowest BCUT2D eigenvalue weighted by molar-refractivity contribution is 0.204. The molecule has 0 saturated carbocycles. The van der Waals surface area contributed by atoms with Crippen LogP contribution in [-0.2, 0) is 0 Å². The first-order chi connectivity index (χ1) is 15.7. The van der Waals surface area contributed by atoms with Gasteiger partial charge >= 0.3 is 0 Å². The van der Waals surface area contributed by atoms with Crippen LogP contribution in [0.4, 0.5) is 5.69 Å². The van der Waals surface area contributed by atoms with E-state index in [0.717, 1.165) is 25.3 Å². The van der Waals surface area contributed by atoms with E-state index in [2.05, 4.69) is 71.3 Å². The Kier molecular flexibility index (Phi) is 6.70. The number of piperidine rings is 1. The van der Waals surface area contributed by atoms with Crippen molar-refractivity contribution < 1.29 is 4.74 Å². The van der Waals surface area contributed by atoms with E-state index in [1.54, 1.807) is 0 Å². The quantitative estimate of drug-likeness (QED) is 0.552. The van der Waals surface area contributed by atoms with Gasteiger partial charge in [-0.1, -0.05) is 24.6 Å². The Morgan fingerprint density at radius 2 is 1.72 bits per heavy atom. The number of rotatable bonds is 7. The highest BCUT2D eigenvalue weighted by Gasteiger charge is 2.36. The second-order valence-corrected chi connectivity index (χ2v) is 10.1. The molecule has 0 amide bonds. The van der Waals surface area contributed by atoms with E-state index in [1.165, 1.54) is 80.7 Å². The molecule has 5 rings (SSSR count). The van der Waals surface area contributed by atoms with E-state index in [9.17, 15) is 0 Å². The molecule has 2 fully saturated rings. The number of fused-ring (bicyclic) bond motifs is 3. The standard InChI is InChI=1S/C28H39N3O/c1-29(2)23-11-9-22(10-12-23)27-21-31-18-6-8-28(31)26-20-24(13-14-25(26)27)32-19-7-17-30-15-4-3-5-16-30/h9-14,20,27-28H,3-8,15-19,21H2,1-2H3/t27-,28-/m1/s1. The molecule has 2 saturated heterocycles. The molecule has 2 aromatic rings. The van der Waals surface area contributed by atoms with Crippen molar-refractivity contribution in [3.8, 4) is 5.75 Å². The predicted octanol–water partition coefficient (Wildman–Crippen LogP) is 5.29. The number of ether oxygens (including phenoxy) is 1. The van der Waals surface area contributed by atoms with Gasteiger partial charge in [-0.25, -0.2) is 0 Å². The summed E-state index contributed by atoms with van der Waals surface area (Å²) in [5.74, 6) is 1.50. The van der Waals surface area contributed by atoms with Crippen molar-refractivity contribution in [1.29, 1.82) is 0 Å². The Balaban J connectivity index is 1.30. The van der Waals surface area contributed by atoms with Gasteiger partial charge in [0.05, 0.1) is 6.61 Å². The van der Waals surface area contributed by atoms with Crippen LogP contribution < -0.4 is 9.64 Å². The zero-order chi connectivity index (χ0) is 21.9. The molecule has 0 unspecified atom stereocenters. The summed E-state index contributed by atoms with van der Waals surface area (Å²) in [4.78, 5) is 7.47. The van der Waals surface area contributed by atoms with Gasteiger partial charge in [0.1, 0.15) is 5.75 Å². The maximum Gasteiger partial charge on any atom is 0.119 e. The Morgan fingerprint density at radius 3 is 2.50 bits per heavy atom. The molecule has 0 spiro atoms. The van der Waals surface area contributed by atoms with Gasteiger partial charge in [-0.3, -0.25) is 4.90 Å². The Hall–Kier alpha value is -2.04. The van der Waals surface area contributed by atoms with Crippen molar-refractivity contribution >= 4 is 5.69 Å². The molecule has 0 aliphatic carbocycles. The maximum atomic E-state index is 6.24. The Bertz CT molecular complexity index is 888. The van der Waals surface area contributed by atoms with Crippen LogP contribution in [0, 0.1) is 0 Å². The van der Waals surface area contributed by atoms with Crippen LogP contribution in [-0.4, -0.2) is 63.2 Å². The summed E-state index contributed by atoms with van der Waals surface area (Å²) < 4.78 is 6.24. The summed E-state index contributed by atoms with van der Waals surface area (Å²) in [5.41, 5.74) is 5.70. The first-order valence-electron chi connectivity index (χ1n) is 12.7. The molecular formula is C28H39N3O. The third-order valence-electron chi connectivity index (χ3n) is 7.72. The largest absolute Gasteiger partial charge is 0.494 e. The highest BCUT2D eigenvalue weighted by molar-refractivity contribution is 5.51. The molecule has 3 heterocycles. The van der Waals surface area contributed by atoms with E-state index in [1.807, 2.05) is 0 Å². The van der Waals surface area contributed by atoms with Crippen molar-refractivity contribution in [2.45, 2.75) is 50.5 Å². The molecule has 2 atom stereocenters. The van der Waals surface area contributed by atoms with Crippen molar-refractivity contribution in [2.24, 2.45) is 0 Å². The average molecular weight is 434 g/mol. The fraction of sp³-hybridized carbons (Fsp3) is 0.571. The molecule has 0 aromatic heterocycles. The molecule has 0 bridgehead atoms. The predicted molar refractivity (Wildman–Crippen MR) is 133 cm³/mol. The Labute approximate surface area is 194 Å². The lowest BCUT2D eigenvalue weighted by atomic mass is 9.81. The third-order valence-corrected chi connectivity index (χ3v) is 7.72. The number of hydrogen-bond acceptors (Lipinski definition) is 4. The average Bonchev–Trinajstić information content (AvgIpc) is 3.31. The minimum Gasteiger partial charge on any atom is -0.494 e. The van der Waals surface area contributed by atoms with Crippen LogP contribution >= 0.6 is 0 Å². The first kappa shape index (κ1) is 21.8. The molecule has 4 heteroatoms. The van der Waals surface area contributed by atoms with Crippen LogP contribution in [0.3, 0.4) is 0 Å². The molecule has 172 valence electrons. The van der Waals surface area contributed by atoms with Gasteiger partial charge in [0.2, 0.25) is 0 Å². The highest BCUT2D eigenvalue weighted by Crippen LogP contribution is 2.45. The van der Waals surface area contributed by atoms with E-state index < -0.39 is 0 Å². The molecule has 3 aliphatic rings. The SMILES string of the molecule is CN(C)c1ccc([C@H]2CN3CCC[C@@H]3c3cc(OCCCN4CCCCC4)ccc32)cc1. The van der Waals surface area contributed by atoms with Gasteiger partial charge in [0, 0.05) is 44.8 Å². The highest BCUT2D eigenvalue weighted by atomic mass is 16.5. The fourth-order valence-electron chi connectivity index (χ4n) is 5.93. The monoisotopic (exact) mass is 433 g/mol. The fourth-order valence-corrected chi connectivity index (χ4v) is 5.93. The molecule has 0 N–H and O–H groups in total. The minimum absolute atomic E-state index is 0.448. The van der Waals surface area contributed by atoms with Crippen molar-refractivity contribution in [3.63, 3.8) is 0 Å². The zero-order valence-electron chi connectivity index (χ0n) is 19.9. The number of anilines is 1. The number of likely N-dealkylation sites (tertiary alicyclic amines) is 1. The lowest BCUT2D eigenvalue weighted by Crippen LogP contribution is -2.34. The van der Waals surface area contributed by atoms with Gasteiger partial charge in [0.25, 0.3) is 0 Å². The molecular weight excluding hydrogens is 394 g/mol. The van der Waals surface area contributed by atoms with Crippen LogP contribution in [0.25, 0.3) is 0 Å².